The highest BCUT2D eigenvalue weighted by molar-refractivity contribution is 6.00. The number of hydrogen-bond donors (Lipinski definition) is 10. The van der Waals surface area contributed by atoms with Crippen molar-refractivity contribution < 1.29 is 63.8 Å². The smallest absolute Gasteiger partial charge is 0.251 e. The van der Waals surface area contributed by atoms with Crippen LogP contribution in [0, 0.1) is 0 Å². The van der Waals surface area contributed by atoms with Gasteiger partial charge in [-0.2, -0.15) is 0 Å². The Bertz CT molecular complexity index is 2690. The van der Waals surface area contributed by atoms with Crippen LogP contribution in [0.25, 0.3) is 22.3 Å². The zero-order chi connectivity index (χ0) is 55.3. The number of benzene rings is 4. The van der Waals surface area contributed by atoms with Gasteiger partial charge in [-0.05, 0) is 110 Å². The number of amides is 7. The Morgan fingerprint density at radius 3 is 1.70 bits per heavy atom. The van der Waals surface area contributed by atoms with Gasteiger partial charge in [0.2, 0.25) is 35.4 Å². The minimum atomic E-state index is -1.69. The lowest BCUT2D eigenvalue weighted by molar-refractivity contribution is -0.145. The first-order valence-corrected chi connectivity index (χ1v) is 26.4. The standard InChI is InChI=1S/C57H71N7O13/c1-4-5-6-28-77-44-24-20-39(21-25-44)37-14-12-36(13-15-37)38-16-18-40(19-17-38)51(70)59-45-8-7-27-58-54(73)47-29-42(68)31-63(47)56(75)49(33(2)65)62-53(72)46(26-11-35-9-22-41(67)23-10-35)60-55(74)48-30-43(69)32-64(48)57(76)50(34(3)66)61-52(45)71/h9-10,12-25,33-34,42-43,45-50,65-69H,4-8,11,26-32H2,1-3H3,(H,58,73)(H,59,70)(H,60,74)(H,61,71)(H,62,72)/t33-,34-,42-,43-,45+,46+,47+,48+,49+,50+/m1/s1. The van der Waals surface area contributed by atoms with Crippen LogP contribution in [-0.4, -0.2) is 164 Å². The minimum absolute atomic E-state index is 0.00571. The second-order valence-corrected chi connectivity index (χ2v) is 20.2. The summed E-state index contributed by atoms with van der Waals surface area (Å²) in [7, 11) is 0. The van der Waals surface area contributed by atoms with Crippen molar-refractivity contribution in [3.63, 3.8) is 0 Å². The molecule has 7 rings (SSSR count). The molecule has 4 aromatic carbocycles. The molecule has 0 aromatic heterocycles. The van der Waals surface area contributed by atoms with E-state index in [4.69, 9.17) is 4.74 Å². The van der Waals surface area contributed by atoms with E-state index in [0.29, 0.717) is 12.2 Å². The Morgan fingerprint density at radius 1 is 0.662 bits per heavy atom. The lowest BCUT2D eigenvalue weighted by Gasteiger charge is -2.32. The first-order valence-electron chi connectivity index (χ1n) is 26.4. The monoisotopic (exact) mass is 1060 g/mol. The Hall–Kier alpha value is -7.39. The highest BCUT2D eigenvalue weighted by atomic mass is 16.5. The predicted octanol–water partition coefficient (Wildman–Crippen LogP) is 2.08. The van der Waals surface area contributed by atoms with Crippen molar-refractivity contribution in [3.05, 3.63) is 108 Å². The van der Waals surface area contributed by atoms with E-state index in [1.54, 1.807) is 36.4 Å². The van der Waals surface area contributed by atoms with Gasteiger partial charge in [-0.25, -0.2) is 0 Å². The molecule has 3 heterocycles. The molecule has 3 aliphatic rings. The molecule has 20 heteroatoms. The van der Waals surface area contributed by atoms with Crippen molar-refractivity contribution in [2.75, 3.05) is 26.2 Å². The normalized spacial score (nSPS) is 24.8. The minimum Gasteiger partial charge on any atom is -0.508 e. The molecule has 0 bridgehead atoms. The molecule has 0 radical (unpaired) electrons. The number of carbonyl (C=O) groups is 7. The Labute approximate surface area is 447 Å². The number of phenols is 1. The van der Waals surface area contributed by atoms with E-state index in [1.807, 2.05) is 48.5 Å². The number of nitrogens with one attached hydrogen (secondary N) is 5. The van der Waals surface area contributed by atoms with Crippen LogP contribution in [0.4, 0.5) is 0 Å². The number of aromatic hydroxyl groups is 1. The quantitative estimate of drug-likeness (QED) is 0.0811. The molecule has 10 N–H and O–H groups in total. The highest BCUT2D eigenvalue weighted by Gasteiger charge is 2.46. The summed E-state index contributed by atoms with van der Waals surface area (Å²) in [6.45, 7) is 4.55. The zero-order valence-electron chi connectivity index (χ0n) is 43.6. The lowest BCUT2D eigenvalue weighted by atomic mass is 9.99. The van der Waals surface area contributed by atoms with Gasteiger partial charge in [-0.15, -0.1) is 0 Å². The van der Waals surface area contributed by atoms with E-state index < -0.39 is 102 Å². The van der Waals surface area contributed by atoms with Crippen molar-refractivity contribution in [3.8, 4) is 33.8 Å². The van der Waals surface area contributed by atoms with Crippen LogP contribution in [0.2, 0.25) is 0 Å². The summed E-state index contributed by atoms with van der Waals surface area (Å²) >= 11 is 0. The summed E-state index contributed by atoms with van der Waals surface area (Å²) in [5.74, 6) is -5.02. The third-order valence-corrected chi connectivity index (χ3v) is 14.3. The molecule has 0 spiro atoms. The van der Waals surface area contributed by atoms with E-state index in [1.165, 1.54) is 26.0 Å². The third-order valence-electron chi connectivity index (χ3n) is 14.3. The lowest BCUT2D eigenvalue weighted by Crippen LogP contribution is -2.61. The predicted molar refractivity (Wildman–Crippen MR) is 284 cm³/mol. The van der Waals surface area contributed by atoms with Crippen LogP contribution in [0.5, 0.6) is 11.5 Å². The van der Waals surface area contributed by atoms with Gasteiger partial charge in [0.15, 0.2) is 0 Å². The first kappa shape index (κ1) is 57.3. The van der Waals surface area contributed by atoms with Crippen LogP contribution in [0.3, 0.4) is 0 Å². The maximum Gasteiger partial charge on any atom is 0.251 e. The fourth-order valence-corrected chi connectivity index (χ4v) is 9.87. The molecule has 412 valence electrons. The van der Waals surface area contributed by atoms with E-state index in [9.17, 15) is 59.1 Å². The second kappa shape index (κ2) is 26.6. The Balaban J connectivity index is 1.11. The number of phenolic OH excluding ortho intramolecular Hbond substituents is 1. The molecule has 7 amide bonds. The zero-order valence-corrected chi connectivity index (χ0v) is 43.6. The second-order valence-electron chi connectivity index (χ2n) is 20.2. The maximum absolute atomic E-state index is 14.4. The van der Waals surface area contributed by atoms with Crippen molar-refractivity contribution in [2.45, 2.75) is 139 Å². The number of aryl methyl sites for hydroxylation is 1. The fraction of sp³-hybridized carbons (Fsp3) is 0.456. The molecule has 3 saturated heterocycles. The number of hydrogen-bond acceptors (Lipinski definition) is 13. The molecule has 77 heavy (non-hydrogen) atoms. The fourth-order valence-electron chi connectivity index (χ4n) is 9.87. The van der Waals surface area contributed by atoms with Crippen molar-refractivity contribution in [2.24, 2.45) is 0 Å². The van der Waals surface area contributed by atoms with Crippen LogP contribution >= 0.6 is 0 Å². The summed E-state index contributed by atoms with van der Waals surface area (Å²) in [4.78, 5) is 101. The van der Waals surface area contributed by atoms with E-state index in [0.717, 1.165) is 57.1 Å². The van der Waals surface area contributed by atoms with Gasteiger partial charge in [-0.3, -0.25) is 33.6 Å². The van der Waals surface area contributed by atoms with Crippen LogP contribution in [0.1, 0.15) is 88.1 Å². The molecular formula is C57H71N7O13. The number of nitrogens with zero attached hydrogens (tertiary/aromatic N) is 2. The summed E-state index contributed by atoms with van der Waals surface area (Å²) in [6.07, 6.45) is -2.65. The molecule has 0 saturated carbocycles. The van der Waals surface area contributed by atoms with Gasteiger partial charge >= 0.3 is 0 Å². The van der Waals surface area contributed by atoms with E-state index >= 15 is 0 Å². The third kappa shape index (κ3) is 15.0. The van der Waals surface area contributed by atoms with Crippen molar-refractivity contribution >= 4 is 41.4 Å². The van der Waals surface area contributed by atoms with Crippen LogP contribution < -0.4 is 31.3 Å². The number of fused-ring (bicyclic) bond motifs is 2. The summed E-state index contributed by atoms with van der Waals surface area (Å²) in [5.41, 5.74) is 4.59. The average molecular weight is 1060 g/mol. The van der Waals surface area contributed by atoms with E-state index in [2.05, 4.69) is 33.5 Å². The van der Waals surface area contributed by atoms with Gasteiger partial charge in [0.25, 0.3) is 5.91 Å². The summed E-state index contributed by atoms with van der Waals surface area (Å²) in [5, 5.41) is 66.5. The first-order chi connectivity index (χ1) is 36.9. The van der Waals surface area contributed by atoms with Gasteiger partial charge < -0.3 is 66.7 Å². The molecule has 0 unspecified atom stereocenters. The van der Waals surface area contributed by atoms with Crippen molar-refractivity contribution in [1.29, 1.82) is 0 Å². The Kier molecular flexibility index (Phi) is 19.8. The SMILES string of the molecule is CCCCCOc1ccc(-c2ccc(-c3ccc(C(=O)N[C@H]4CCCNC(=O)[C@@H]5C[C@@H](O)CN5C(=O)[C@H]([C@@H](C)O)NC(=O)[C@H](CCc5ccc(O)cc5)NC(=O)[C@@H]5C[C@@H](O)CN5C(=O)[C@H]([C@@H](C)O)NC4=O)cc3)cc2)cc1. The molecule has 4 aromatic rings. The Morgan fingerprint density at radius 2 is 1.17 bits per heavy atom. The molecule has 20 nitrogen and oxygen atoms in total. The van der Waals surface area contributed by atoms with Crippen LogP contribution in [0.15, 0.2) is 97.1 Å². The summed E-state index contributed by atoms with van der Waals surface area (Å²) < 4.78 is 5.86. The summed E-state index contributed by atoms with van der Waals surface area (Å²) in [6, 6.07) is 19.9. The maximum atomic E-state index is 14.4. The number of unbranched alkanes of at least 4 members (excludes halogenated alkanes) is 2. The number of carbonyl (C=O) groups excluding carboxylic acids is 7. The largest absolute Gasteiger partial charge is 0.508 e. The molecule has 0 aliphatic carbocycles. The van der Waals surface area contributed by atoms with Crippen molar-refractivity contribution in [1.82, 2.24) is 36.4 Å². The van der Waals surface area contributed by atoms with Crippen LogP contribution in [-0.2, 0) is 35.2 Å². The number of aliphatic hydroxyl groups is 4. The van der Waals surface area contributed by atoms with Gasteiger partial charge in [-0.1, -0.05) is 80.4 Å². The van der Waals surface area contributed by atoms with Gasteiger partial charge in [0.05, 0.1) is 31.0 Å². The van der Waals surface area contributed by atoms with Gasteiger partial charge in [0, 0.05) is 38.0 Å². The van der Waals surface area contributed by atoms with Gasteiger partial charge in [0.1, 0.15) is 47.8 Å². The average Bonchev–Trinajstić information content (AvgIpc) is 4.06. The number of ether oxygens (including phenoxy) is 1. The topological polar surface area (TPSA) is 296 Å². The van der Waals surface area contributed by atoms with E-state index in [-0.39, 0.29) is 69.5 Å². The molecule has 10 atom stereocenters. The molecular weight excluding hydrogens is 991 g/mol. The number of aliphatic hydroxyl groups excluding tert-OH is 4. The number of rotatable bonds is 14. The highest BCUT2D eigenvalue weighted by Crippen LogP contribution is 2.28. The molecule has 3 aliphatic heterocycles. The molecule has 3 fully saturated rings.